The van der Waals surface area contributed by atoms with E-state index >= 15 is 0 Å². The monoisotopic (exact) mass is 268 g/mol. The number of rotatable bonds is 4. The minimum Gasteiger partial charge on any atom is -0.481 e. The van der Waals surface area contributed by atoms with Crippen LogP contribution in [0.25, 0.3) is 0 Å². The summed E-state index contributed by atoms with van der Waals surface area (Å²) in [5, 5.41) is 14.9. The van der Waals surface area contributed by atoms with Gasteiger partial charge in [-0.15, -0.1) is 6.58 Å². The van der Waals surface area contributed by atoms with E-state index in [0.29, 0.717) is 19.4 Å². The molecule has 0 saturated heterocycles. The Balaban J connectivity index is 2.67. The van der Waals surface area contributed by atoms with Crippen LogP contribution in [0.1, 0.15) is 33.6 Å². The van der Waals surface area contributed by atoms with Crippen LogP contribution in [0.2, 0.25) is 0 Å². The Morgan fingerprint density at radius 1 is 1.42 bits per heavy atom. The molecule has 5 heteroatoms. The predicted octanol–water partition coefficient (Wildman–Crippen LogP) is 2.00. The third kappa shape index (κ3) is 3.49. The zero-order chi connectivity index (χ0) is 14.6. The summed E-state index contributed by atoms with van der Waals surface area (Å²) in [5.41, 5.74) is -0.333. The van der Waals surface area contributed by atoms with Gasteiger partial charge in [0.15, 0.2) is 0 Å². The van der Waals surface area contributed by atoms with Crippen molar-refractivity contribution in [3.05, 3.63) is 12.7 Å². The number of hydrogen-bond acceptors (Lipinski definition) is 2. The van der Waals surface area contributed by atoms with Crippen molar-refractivity contribution in [2.75, 3.05) is 6.54 Å². The standard InChI is InChI=1S/C14H24N2O3/c1-5-8-15-13(19)16-11-7-6-10(12(17)18)14(3,4)9(11)2/h5,9-11H,1,6-8H2,2-4H3,(H,17,18)(H2,15,16,19). The van der Waals surface area contributed by atoms with Crippen molar-refractivity contribution in [1.29, 1.82) is 0 Å². The first kappa shape index (κ1) is 15.5. The largest absolute Gasteiger partial charge is 0.481 e. The molecule has 1 fully saturated rings. The fraction of sp³-hybridized carbons (Fsp3) is 0.714. The van der Waals surface area contributed by atoms with Gasteiger partial charge in [-0.05, 0) is 24.2 Å². The quantitative estimate of drug-likeness (QED) is 0.682. The van der Waals surface area contributed by atoms with Crippen LogP contribution in [-0.2, 0) is 4.79 Å². The Bertz CT molecular complexity index is 366. The van der Waals surface area contributed by atoms with Gasteiger partial charge in [-0.1, -0.05) is 26.8 Å². The van der Waals surface area contributed by atoms with Crippen LogP contribution in [0.3, 0.4) is 0 Å². The average Bonchev–Trinajstić information content (AvgIpc) is 2.32. The summed E-state index contributed by atoms with van der Waals surface area (Å²) >= 11 is 0. The zero-order valence-electron chi connectivity index (χ0n) is 11.9. The molecule has 3 atom stereocenters. The third-order valence-corrected chi connectivity index (χ3v) is 4.46. The summed E-state index contributed by atoms with van der Waals surface area (Å²) in [5.74, 6) is -0.986. The lowest BCUT2D eigenvalue weighted by molar-refractivity contribution is -0.150. The molecule has 0 aromatic heterocycles. The van der Waals surface area contributed by atoms with Crippen LogP contribution >= 0.6 is 0 Å². The van der Waals surface area contributed by atoms with Gasteiger partial charge < -0.3 is 15.7 Å². The van der Waals surface area contributed by atoms with Gasteiger partial charge in [0, 0.05) is 12.6 Å². The van der Waals surface area contributed by atoms with Gasteiger partial charge in [0.25, 0.3) is 0 Å². The number of carboxylic acid groups (broad SMARTS) is 1. The molecule has 0 aromatic carbocycles. The van der Waals surface area contributed by atoms with Crippen LogP contribution in [0.5, 0.6) is 0 Å². The minimum atomic E-state index is -0.744. The van der Waals surface area contributed by atoms with Gasteiger partial charge >= 0.3 is 12.0 Å². The lowest BCUT2D eigenvalue weighted by atomic mass is 9.61. The maximum Gasteiger partial charge on any atom is 0.315 e. The van der Waals surface area contributed by atoms with E-state index in [0.717, 1.165) is 0 Å². The second-order valence-electron chi connectivity index (χ2n) is 5.83. The molecule has 0 aromatic rings. The zero-order valence-corrected chi connectivity index (χ0v) is 11.9. The normalized spacial score (nSPS) is 29.3. The fourth-order valence-electron chi connectivity index (χ4n) is 2.83. The number of carbonyl (C=O) groups is 2. The van der Waals surface area contributed by atoms with E-state index < -0.39 is 5.97 Å². The highest BCUT2D eigenvalue weighted by Crippen LogP contribution is 2.44. The molecule has 2 amide bonds. The van der Waals surface area contributed by atoms with Crippen molar-refractivity contribution < 1.29 is 14.7 Å². The molecule has 1 aliphatic carbocycles. The Hall–Kier alpha value is -1.52. The van der Waals surface area contributed by atoms with E-state index in [9.17, 15) is 14.7 Å². The number of carbonyl (C=O) groups excluding carboxylic acids is 1. The number of aliphatic carboxylic acids is 1. The second kappa shape index (κ2) is 6.08. The van der Waals surface area contributed by atoms with Gasteiger partial charge in [-0.25, -0.2) is 4.79 Å². The third-order valence-electron chi connectivity index (χ3n) is 4.46. The van der Waals surface area contributed by atoms with E-state index in [4.69, 9.17) is 0 Å². The van der Waals surface area contributed by atoms with Gasteiger partial charge in [0.1, 0.15) is 0 Å². The maximum atomic E-state index is 11.7. The SMILES string of the molecule is C=CCNC(=O)NC1CCC(C(=O)O)C(C)(C)C1C. The lowest BCUT2D eigenvalue weighted by Crippen LogP contribution is -2.54. The average molecular weight is 268 g/mol. The number of urea groups is 1. The summed E-state index contributed by atoms with van der Waals surface area (Å²) in [4.78, 5) is 22.9. The van der Waals surface area contributed by atoms with Gasteiger partial charge in [-0.2, -0.15) is 0 Å². The first-order valence-corrected chi connectivity index (χ1v) is 6.68. The van der Waals surface area contributed by atoms with E-state index in [1.54, 1.807) is 6.08 Å². The van der Waals surface area contributed by atoms with Crippen LogP contribution in [0.4, 0.5) is 4.79 Å². The van der Waals surface area contributed by atoms with Crippen molar-refractivity contribution in [2.45, 2.75) is 39.7 Å². The molecule has 19 heavy (non-hydrogen) atoms. The molecule has 0 heterocycles. The van der Waals surface area contributed by atoms with Gasteiger partial charge in [0.05, 0.1) is 5.92 Å². The molecular formula is C14H24N2O3. The molecule has 108 valence electrons. The highest BCUT2D eigenvalue weighted by atomic mass is 16.4. The van der Waals surface area contributed by atoms with Crippen LogP contribution in [0.15, 0.2) is 12.7 Å². The highest BCUT2D eigenvalue weighted by Gasteiger charge is 2.46. The summed E-state index contributed by atoms with van der Waals surface area (Å²) in [7, 11) is 0. The van der Waals surface area contributed by atoms with Crippen molar-refractivity contribution in [1.82, 2.24) is 10.6 Å². The lowest BCUT2D eigenvalue weighted by Gasteiger charge is -2.46. The van der Waals surface area contributed by atoms with E-state index in [1.807, 2.05) is 20.8 Å². The molecule has 5 nitrogen and oxygen atoms in total. The van der Waals surface area contributed by atoms with Crippen LogP contribution in [-0.4, -0.2) is 29.7 Å². The summed E-state index contributed by atoms with van der Waals surface area (Å²) in [6, 6.07) is -0.211. The molecule has 3 N–H and O–H groups in total. The first-order valence-electron chi connectivity index (χ1n) is 6.68. The molecule has 1 rings (SSSR count). The fourth-order valence-corrected chi connectivity index (χ4v) is 2.83. The molecule has 0 aliphatic heterocycles. The Morgan fingerprint density at radius 3 is 2.58 bits per heavy atom. The molecule has 0 radical (unpaired) electrons. The molecule has 1 aliphatic rings. The van der Waals surface area contributed by atoms with E-state index in [-0.39, 0.29) is 29.3 Å². The predicted molar refractivity (Wildman–Crippen MR) is 73.8 cm³/mol. The molecule has 0 spiro atoms. The Kier molecular flexibility index (Phi) is 4.97. The summed E-state index contributed by atoms with van der Waals surface area (Å²) in [6.07, 6.45) is 2.91. The summed E-state index contributed by atoms with van der Waals surface area (Å²) < 4.78 is 0. The number of nitrogens with one attached hydrogen (secondary N) is 2. The van der Waals surface area contributed by atoms with E-state index in [2.05, 4.69) is 17.2 Å². The number of amides is 2. The minimum absolute atomic E-state index is 0.00964. The van der Waals surface area contributed by atoms with Crippen LogP contribution < -0.4 is 10.6 Å². The topological polar surface area (TPSA) is 78.4 Å². The molecular weight excluding hydrogens is 244 g/mol. The molecule has 0 bridgehead atoms. The van der Waals surface area contributed by atoms with Crippen molar-refractivity contribution in [2.24, 2.45) is 17.3 Å². The summed E-state index contributed by atoms with van der Waals surface area (Å²) in [6.45, 7) is 9.90. The van der Waals surface area contributed by atoms with Gasteiger partial charge in [-0.3, -0.25) is 4.79 Å². The van der Waals surface area contributed by atoms with Crippen molar-refractivity contribution in [3.8, 4) is 0 Å². The second-order valence-corrected chi connectivity index (χ2v) is 5.83. The van der Waals surface area contributed by atoms with Crippen molar-refractivity contribution >= 4 is 12.0 Å². The molecule has 1 saturated carbocycles. The van der Waals surface area contributed by atoms with E-state index in [1.165, 1.54) is 0 Å². The maximum absolute atomic E-state index is 11.7. The van der Waals surface area contributed by atoms with Crippen LogP contribution in [0, 0.1) is 17.3 Å². The van der Waals surface area contributed by atoms with Crippen molar-refractivity contribution in [3.63, 3.8) is 0 Å². The highest BCUT2D eigenvalue weighted by molar-refractivity contribution is 5.74. The smallest absolute Gasteiger partial charge is 0.315 e. The first-order chi connectivity index (χ1) is 8.80. The Morgan fingerprint density at radius 2 is 2.05 bits per heavy atom. The number of hydrogen-bond donors (Lipinski definition) is 3. The van der Waals surface area contributed by atoms with Gasteiger partial charge in [0.2, 0.25) is 0 Å². The number of carboxylic acids is 1. The Labute approximate surface area is 114 Å². The molecule has 3 unspecified atom stereocenters.